The van der Waals surface area contributed by atoms with Gasteiger partial charge in [0.1, 0.15) is 5.75 Å². The summed E-state index contributed by atoms with van der Waals surface area (Å²) in [5.74, 6) is 0.221. The normalized spacial score (nSPS) is 10.2. The molecule has 142 valence electrons. The summed E-state index contributed by atoms with van der Waals surface area (Å²) in [6.07, 6.45) is 0. The SMILES string of the molecule is CCN(C(=O)c1cccc(C(=O)Nc2cccc(OC)c2)c1)c1ccccc1. The quantitative estimate of drug-likeness (QED) is 0.685. The van der Waals surface area contributed by atoms with Crippen molar-refractivity contribution in [3.63, 3.8) is 0 Å². The van der Waals surface area contributed by atoms with Crippen LogP contribution < -0.4 is 15.0 Å². The molecule has 0 saturated carbocycles. The van der Waals surface area contributed by atoms with E-state index < -0.39 is 0 Å². The van der Waals surface area contributed by atoms with Gasteiger partial charge in [-0.3, -0.25) is 9.59 Å². The van der Waals surface area contributed by atoms with Crippen LogP contribution in [-0.4, -0.2) is 25.5 Å². The van der Waals surface area contributed by atoms with Crippen LogP contribution in [-0.2, 0) is 0 Å². The van der Waals surface area contributed by atoms with Crippen LogP contribution in [0, 0.1) is 0 Å². The number of amides is 2. The van der Waals surface area contributed by atoms with Crippen molar-refractivity contribution in [3.8, 4) is 5.75 Å². The van der Waals surface area contributed by atoms with Crippen LogP contribution in [0.3, 0.4) is 0 Å². The number of rotatable bonds is 6. The maximum Gasteiger partial charge on any atom is 0.258 e. The van der Waals surface area contributed by atoms with Gasteiger partial charge in [-0.05, 0) is 49.4 Å². The van der Waals surface area contributed by atoms with Gasteiger partial charge in [-0.1, -0.05) is 30.3 Å². The average molecular weight is 374 g/mol. The molecule has 0 spiro atoms. The van der Waals surface area contributed by atoms with Gasteiger partial charge >= 0.3 is 0 Å². The molecule has 5 heteroatoms. The van der Waals surface area contributed by atoms with Crippen molar-refractivity contribution in [2.75, 3.05) is 23.9 Å². The molecule has 28 heavy (non-hydrogen) atoms. The van der Waals surface area contributed by atoms with Crippen molar-refractivity contribution in [1.82, 2.24) is 0 Å². The van der Waals surface area contributed by atoms with Crippen LogP contribution in [0.1, 0.15) is 27.6 Å². The highest BCUT2D eigenvalue weighted by atomic mass is 16.5. The molecule has 3 aromatic rings. The van der Waals surface area contributed by atoms with Crippen molar-refractivity contribution in [1.29, 1.82) is 0 Å². The average Bonchev–Trinajstić information content (AvgIpc) is 2.75. The maximum atomic E-state index is 13.0. The largest absolute Gasteiger partial charge is 0.497 e. The van der Waals surface area contributed by atoms with E-state index >= 15 is 0 Å². The summed E-state index contributed by atoms with van der Waals surface area (Å²) in [5.41, 5.74) is 2.32. The van der Waals surface area contributed by atoms with Crippen LogP contribution in [0.2, 0.25) is 0 Å². The van der Waals surface area contributed by atoms with Gasteiger partial charge in [0.05, 0.1) is 7.11 Å². The van der Waals surface area contributed by atoms with Gasteiger partial charge in [-0.25, -0.2) is 0 Å². The van der Waals surface area contributed by atoms with Crippen LogP contribution in [0.5, 0.6) is 5.75 Å². The number of para-hydroxylation sites is 1. The number of nitrogens with zero attached hydrogens (tertiary/aromatic N) is 1. The molecule has 0 aliphatic rings. The van der Waals surface area contributed by atoms with E-state index in [1.807, 2.05) is 37.3 Å². The van der Waals surface area contributed by atoms with Gasteiger partial charge in [-0.15, -0.1) is 0 Å². The number of nitrogens with one attached hydrogen (secondary N) is 1. The second-order valence-electron chi connectivity index (χ2n) is 6.15. The molecular weight excluding hydrogens is 352 g/mol. The van der Waals surface area contributed by atoms with Gasteiger partial charge in [0.25, 0.3) is 11.8 Å². The van der Waals surface area contributed by atoms with Crippen molar-refractivity contribution in [2.24, 2.45) is 0 Å². The minimum atomic E-state index is -0.286. The van der Waals surface area contributed by atoms with E-state index in [-0.39, 0.29) is 11.8 Å². The number of methoxy groups -OCH3 is 1. The molecule has 0 aromatic heterocycles. The molecule has 1 N–H and O–H groups in total. The third kappa shape index (κ3) is 4.38. The Hall–Kier alpha value is -3.60. The molecule has 0 radical (unpaired) electrons. The Morgan fingerprint density at radius 1 is 0.893 bits per heavy atom. The Morgan fingerprint density at radius 2 is 1.61 bits per heavy atom. The molecule has 0 saturated heterocycles. The first-order valence-electron chi connectivity index (χ1n) is 9.04. The predicted octanol–water partition coefficient (Wildman–Crippen LogP) is 4.61. The van der Waals surface area contributed by atoms with Gasteiger partial charge in [0.2, 0.25) is 0 Å². The first-order valence-corrected chi connectivity index (χ1v) is 9.04. The highest BCUT2D eigenvalue weighted by molar-refractivity contribution is 6.09. The summed E-state index contributed by atoms with van der Waals surface area (Å²) >= 11 is 0. The lowest BCUT2D eigenvalue weighted by Gasteiger charge is -2.21. The number of hydrogen-bond acceptors (Lipinski definition) is 3. The number of hydrogen-bond donors (Lipinski definition) is 1. The maximum absolute atomic E-state index is 13.0. The van der Waals surface area contributed by atoms with Crippen molar-refractivity contribution in [3.05, 3.63) is 90.0 Å². The lowest BCUT2D eigenvalue weighted by molar-refractivity contribution is 0.0988. The summed E-state index contributed by atoms with van der Waals surface area (Å²) in [6.45, 7) is 2.45. The Bertz CT molecular complexity index is 970. The molecule has 3 rings (SSSR count). The molecule has 0 aliphatic carbocycles. The van der Waals surface area contributed by atoms with E-state index in [0.717, 1.165) is 5.69 Å². The number of carbonyl (C=O) groups is 2. The Morgan fingerprint density at radius 3 is 2.32 bits per heavy atom. The van der Waals surface area contributed by atoms with Crippen LogP contribution in [0.25, 0.3) is 0 Å². The van der Waals surface area contributed by atoms with Crippen molar-refractivity contribution in [2.45, 2.75) is 6.92 Å². The zero-order valence-corrected chi connectivity index (χ0v) is 15.9. The minimum Gasteiger partial charge on any atom is -0.497 e. The standard InChI is InChI=1S/C23H22N2O3/c1-3-25(20-12-5-4-6-13-20)23(27)18-10-7-9-17(15-18)22(26)24-19-11-8-14-21(16-19)28-2/h4-16H,3H2,1-2H3,(H,24,26). The fourth-order valence-corrected chi connectivity index (χ4v) is 2.90. The zero-order chi connectivity index (χ0) is 19.9. The lowest BCUT2D eigenvalue weighted by Crippen LogP contribution is -2.30. The van der Waals surface area contributed by atoms with E-state index in [4.69, 9.17) is 4.74 Å². The fourth-order valence-electron chi connectivity index (χ4n) is 2.90. The van der Waals surface area contributed by atoms with Crippen molar-refractivity contribution < 1.29 is 14.3 Å². The summed E-state index contributed by atoms with van der Waals surface area (Å²) < 4.78 is 5.17. The highest BCUT2D eigenvalue weighted by Crippen LogP contribution is 2.19. The van der Waals surface area contributed by atoms with Crippen molar-refractivity contribution >= 4 is 23.2 Å². The Labute approximate surface area is 164 Å². The molecule has 0 unspecified atom stereocenters. The van der Waals surface area contributed by atoms with Crippen LogP contribution in [0.4, 0.5) is 11.4 Å². The smallest absolute Gasteiger partial charge is 0.258 e. The molecule has 3 aromatic carbocycles. The summed E-state index contributed by atoms with van der Waals surface area (Å²) in [7, 11) is 1.57. The third-order valence-electron chi connectivity index (χ3n) is 4.33. The first kappa shape index (κ1) is 19.2. The van der Waals surface area contributed by atoms with E-state index in [0.29, 0.717) is 29.1 Å². The molecule has 0 atom stereocenters. The second-order valence-corrected chi connectivity index (χ2v) is 6.15. The van der Waals surface area contributed by atoms with Crippen LogP contribution in [0.15, 0.2) is 78.9 Å². The van der Waals surface area contributed by atoms with E-state index in [1.165, 1.54) is 0 Å². The first-order chi connectivity index (χ1) is 13.6. The monoisotopic (exact) mass is 374 g/mol. The topological polar surface area (TPSA) is 58.6 Å². The summed E-state index contributed by atoms with van der Waals surface area (Å²) in [6, 6.07) is 23.3. The second kappa shape index (κ2) is 8.86. The predicted molar refractivity (Wildman–Crippen MR) is 111 cm³/mol. The lowest BCUT2D eigenvalue weighted by atomic mass is 10.1. The molecule has 0 fully saturated rings. The van der Waals surface area contributed by atoms with Crippen LogP contribution >= 0.6 is 0 Å². The van der Waals surface area contributed by atoms with Gasteiger partial charge in [-0.2, -0.15) is 0 Å². The Balaban J connectivity index is 1.81. The molecule has 0 bridgehead atoms. The number of benzene rings is 3. The number of anilines is 2. The molecular formula is C23H22N2O3. The molecule has 5 nitrogen and oxygen atoms in total. The zero-order valence-electron chi connectivity index (χ0n) is 15.9. The number of ether oxygens (including phenoxy) is 1. The number of carbonyl (C=O) groups excluding carboxylic acids is 2. The summed E-state index contributed by atoms with van der Waals surface area (Å²) in [4.78, 5) is 27.3. The van der Waals surface area contributed by atoms with Gasteiger partial charge < -0.3 is 15.0 Å². The van der Waals surface area contributed by atoms with E-state index in [1.54, 1.807) is 60.5 Å². The van der Waals surface area contributed by atoms with Gasteiger partial charge in [0.15, 0.2) is 0 Å². The van der Waals surface area contributed by atoms with Gasteiger partial charge in [0, 0.05) is 35.1 Å². The third-order valence-corrected chi connectivity index (χ3v) is 4.33. The molecule has 0 heterocycles. The molecule has 2 amide bonds. The fraction of sp³-hybridized carbons (Fsp3) is 0.130. The van der Waals surface area contributed by atoms with E-state index in [2.05, 4.69) is 5.32 Å². The highest BCUT2D eigenvalue weighted by Gasteiger charge is 2.17. The Kier molecular flexibility index (Phi) is 6.07. The molecule has 0 aliphatic heterocycles. The summed E-state index contributed by atoms with van der Waals surface area (Å²) in [5, 5.41) is 2.83. The minimum absolute atomic E-state index is 0.148. The van der Waals surface area contributed by atoms with E-state index in [9.17, 15) is 9.59 Å².